The largest absolute Gasteiger partial charge is 0.472 e. The highest BCUT2D eigenvalue weighted by molar-refractivity contribution is 9.10. The lowest BCUT2D eigenvalue weighted by molar-refractivity contribution is 0.0512. The van der Waals surface area contributed by atoms with Crippen LogP contribution in [-0.2, 0) is 17.7 Å². The van der Waals surface area contributed by atoms with Crippen molar-refractivity contribution in [2.24, 2.45) is 0 Å². The number of carbonyl (C=O) groups is 1. The molecule has 170 valence electrons. The first-order valence-electron chi connectivity index (χ1n) is 11.3. The average Bonchev–Trinajstić information content (AvgIpc) is 3.55. The molecule has 0 amide bonds. The van der Waals surface area contributed by atoms with Crippen molar-refractivity contribution in [2.45, 2.75) is 45.6 Å². The summed E-state index contributed by atoms with van der Waals surface area (Å²) in [4.78, 5) is 18.0. The van der Waals surface area contributed by atoms with Crippen LogP contribution in [0.3, 0.4) is 0 Å². The van der Waals surface area contributed by atoms with Crippen molar-refractivity contribution >= 4 is 27.6 Å². The molecule has 0 atom stereocenters. The summed E-state index contributed by atoms with van der Waals surface area (Å²) in [6.45, 7) is 4.71. The summed E-state index contributed by atoms with van der Waals surface area (Å²) < 4.78 is 13.9. The van der Waals surface area contributed by atoms with E-state index in [1.165, 1.54) is 0 Å². The molecule has 0 spiro atoms. The van der Waals surface area contributed by atoms with Crippen LogP contribution < -0.4 is 5.73 Å². The van der Waals surface area contributed by atoms with Gasteiger partial charge in [-0.1, -0.05) is 25.1 Å². The maximum Gasteiger partial charge on any atom is 0.356 e. The molecule has 2 aromatic rings. The van der Waals surface area contributed by atoms with Crippen LogP contribution >= 0.6 is 15.9 Å². The highest BCUT2D eigenvalue weighted by Crippen LogP contribution is 2.48. The number of nitrogens with two attached hydrogens (primary N) is 1. The topological polar surface area (TPSA) is 83.3 Å². The predicted molar refractivity (Wildman–Crippen MR) is 132 cm³/mol. The van der Waals surface area contributed by atoms with Crippen LogP contribution in [0.1, 0.15) is 60.2 Å². The second kappa shape index (κ2) is 8.71. The molecule has 6 nitrogen and oxygen atoms in total. The normalized spacial score (nSPS) is 13.5. The number of aryl methyl sites for hydroxylation is 1. The van der Waals surface area contributed by atoms with Crippen LogP contribution in [0, 0.1) is 0 Å². The fraction of sp³-hybridized carbons (Fsp3) is 0.308. The lowest BCUT2D eigenvalue weighted by Crippen LogP contribution is -2.16. The Kier molecular flexibility index (Phi) is 5.74. The van der Waals surface area contributed by atoms with Crippen molar-refractivity contribution < 1.29 is 13.9 Å². The van der Waals surface area contributed by atoms with Gasteiger partial charge in [0, 0.05) is 39.2 Å². The molecule has 3 aliphatic rings. The van der Waals surface area contributed by atoms with Crippen LogP contribution in [0.4, 0.5) is 5.69 Å². The van der Waals surface area contributed by atoms with E-state index in [9.17, 15) is 4.79 Å². The number of benzene rings is 1. The van der Waals surface area contributed by atoms with Gasteiger partial charge < -0.3 is 19.5 Å². The third-order valence-electron chi connectivity index (χ3n) is 6.24. The molecule has 0 unspecified atom stereocenters. The van der Waals surface area contributed by atoms with Crippen LogP contribution in [0.2, 0.25) is 0 Å². The summed E-state index contributed by atoms with van der Waals surface area (Å²) in [6.07, 6.45) is 6.25. The molecule has 33 heavy (non-hydrogen) atoms. The maximum absolute atomic E-state index is 13.1. The van der Waals surface area contributed by atoms with Gasteiger partial charge in [0.2, 0.25) is 0 Å². The van der Waals surface area contributed by atoms with E-state index in [0.29, 0.717) is 30.5 Å². The number of para-hydroxylation sites is 1. The Labute approximate surface area is 201 Å². The average molecular weight is 508 g/mol. The molecule has 1 fully saturated rings. The minimum absolute atomic E-state index is 0.308. The van der Waals surface area contributed by atoms with E-state index in [1.807, 2.05) is 41.8 Å². The molecule has 0 bridgehead atoms. The molecule has 2 aliphatic carbocycles. The Morgan fingerprint density at radius 3 is 2.70 bits per heavy atom. The number of carbonyl (C=O) groups excluding carboxylic acids is 1. The monoisotopic (exact) mass is 507 g/mol. The zero-order chi connectivity index (χ0) is 23.1. The highest BCUT2D eigenvalue weighted by Gasteiger charge is 2.35. The summed E-state index contributed by atoms with van der Waals surface area (Å²) in [5.74, 6) is 0.914. The minimum Gasteiger partial charge on any atom is -0.472 e. The van der Waals surface area contributed by atoms with Crippen molar-refractivity contribution in [3.63, 3.8) is 0 Å². The molecule has 2 N–H and O–H groups in total. The minimum atomic E-state index is -0.308. The molecular weight excluding hydrogens is 482 g/mol. The molecule has 7 heteroatoms. The first-order chi connectivity index (χ1) is 16.0. The fourth-order valence-electron chi connectivity index (χ4n) is 4.55. The van der Waals surface area contributed by atoms with Crippen LogP contribution in [0.25, 0.3) is 22.3 Å². The number of nitrogen functional groups attached to an aromatic ring is 1. The zero-order valence-corrected chi connectivity index (χ0v) is 20.3. The molecule has 2 heterocycles. The van der Waals surface area contributed by atoms with E-state index in [0.717, 1.165) is 63.1 Å². The number of halogens is 1. The summed E-state index contributed by atoms with van der Waals surface area (Å²) >= 11 is 3.80. The van der Waals surface area contributed by atoms with Crippen molar-refractivity contribution in [2.75, 3.05) is 12.3 Å². The van der Waals surface area contributed by atoms with Crippen molar-refractivity contribution in [1.82, 2.24) is 9.55 Å². The summed E-state index contributed by atoms with van der Waals surface area (Å²) in [5.41, 5.74) is 13.5. The van der Waals surface area contributed by atoms with Gasteiger partial charge in [0.05, 0.1) is 31.4 Å². The SMILES string of the molecule is CCOC(=O)c1c(C2CC2)nc(CC)n1Cc1c2ccocc-2c(Br)c1-c1ccccc1N. The smallest absolute Gasteiger partial charge is 0.356 e. The number of fused-ring (bicyclic) bond motifs is 1. The van der Waals surface area contributed by atoms with E-state index >= 15 is 0 Å². The number of imidazole rings is 1. The van der Waals surface area contributed by atoms with E-state index < -0.39 is 0 Å². The van der Waals surface area contributed by atoms with Crippen molar-refractivity contribution in [1.29, 1.82) is 0 Å². The lowest BCUT2D eigenvalue weighted by Gasteiger charge is -2.15. The number of hydrogen-bond donors (Lipinski definition) is 1. The van der Waals surface area contributed by atoms with Gasteiger partial charge in [0.25, 0.3) is 0 Å². The number of aromatic nitrogens is 2. The van der Waals surface area contributed by atoms with Crippen LogP contribution in [0.5, 0.6) is 0 Å². The first kappa shape index (κ1) is 21.8. The number of nitrogens with zero attached hydrogens (tertiary/aromatic N) is 2. The quantitative estimate of drug-likeness (QED) is 0.235. The molecule has 1 saturated carbocycles. The van der Waals surface area contributed by atoms with Gasteiger partial charge in [-0.15, -0.1) is 0 Å². The second-order valence-electron chi connectivity index (χ2n) is 8.34. The molecule has 1 aliphatic heterocycles. The van der Waals surface area contributed by atoms with E-state index in [2.05, 4.69) is 22.9 Å². The van der Waals surface area contributed by atoms with Gasteiger partial charge in [-0.2, -0.15) is 0 Å². The first-order valence-corrected chi connectivity index (χ1v) is 12.1. The molecule has 0 radical (unpaired) electrons. The van der Waals surface area contributed by atoms with Gasteiger partial charge in [-0.05, 0) is 59.0 Å². The molecule has 5 rings (SSSR count). The van der Waals surface area contributed by atoms with Crippen molar-refractivity contribution in [3.05, 3.63) is 70.1 Å². The summed E-state index contributed by atoms with van der Waals surface area (Å²) in [5, 5.41) is 0. The highest BCUT2D eigenvalue weighted by atomic mass is 79.9. The Morgan fingerprint density at radius 2 is 2.00 bits per heavy atom. The third kappa shape index (κ3) is 3.74. The van der Waals surface area contributed by atoms with Gasteiger partial charge in [0.15, 0.2) is 5.69 Å². The number of esters is 1. The summed E-state index contributed by atoms with van der Waals surface area (Å²) in [7, 11) is 0. The number of hydrogen-bond acceptors (Lipinski definition) is 5. The van der Waals surface area contributed by atoms with Crippen molar-refractivity contribution in [3.8, 4) is 22.3 Å². The van der Waals surface area contributed by atoms with E-state index in [-0.39, 0.29) is 5.97 Å². The third-order valence-corrected chi connectivity index (χ3v) is 7.06. The van der Waals surface area contributed by atoms with E-state index in [4.69, 9.17) is 19.9 Å². The lowest BCUT2D eigenvalue weighted by atomic mass is 10.0. The van der Waals surface area contributed by atoms with Gasteiger partial charge in [0.1, 0.15) is 5.82 Å². The fourth-order valence-corrected chi connectivity index (χ4v) is 5.31. The standard InChI is InChI=1S/C26H26BrN3O3/c1-3-21-29-24(15-9-10-15)25(26(31)33-4-2)30(21)13-18-16-11-12-32-14-19(16)23(27)22(18)17-7-5-6-8-20(17)28/h5-8,11-12,14-15H,3-4,9-10,13,28H2,1-2H3. The summed E-state index contributed by atoms with van der Waals surface area (Å²) in [6, 6.07) is 9.79. The molecular formula is C26H26BrN3O3. The number of anilines is 1. The second-order valence-corrected chi connectivity index (χ2v) is 9.13. The van der Waals surface area contributed by atoms with Gasteiger partial charge >= 0.3 is 5.97 Å². The van der Waals surface area contributed by atoms with E-state index in [1.54, 1.807) is 12.5 Å². The van der Waals surface area contributed by atoms with Crippen LogP contribution in [0.15, 0.2) is 51.7 Å². The number of rotatable bonds is 7. The Hall–Kier alpha value is -3.06. The molecule has 1 aromatic carbocycles. The number of ether oxygens (including phenoxy) is 1. The predicted octanol–water partition coefficient (Wildman–Crippen LogP) is 6.26. The molecule has 0 saturated heterocycles. The molecule has 1 aromatic heterocycles. The Morgan fingerprint density at radius 1 is 1.21 bits per heavy atom. The van der Waals surface area contributed by atoms with Crippen LogP contribution in [-0.4, -0.2) is 22.1 Å². The Balaban J connectivity index is 1.74. The van der Waals surface area contributed by atoms with Gasteiger partial charge in [-0.25, -0.2) is 9.78 Å². The zero-order valence-electron chi connectivity index (χ0n) is 18.7. The van der Waals surface area contributed by atoms with Gasteiger partial charge in [-0.3, -0.25) is 0 Å². The maximum atomic E-state index is 13.1. The Bertz CT molecular complexity index is 1300.